The fourth-order valence-corrected chi connectivity index (χ4v) is 6.21. The van der Waals surface area contributed by atoms with Crippen LogP contribution < -0.4 is 14.8 Å². The van der Waals surface area contributed by atoms with Gasteiger partial charge in [-0.3, -0.25) is 4.79 Å². The van der Waals surface area contributed by atoms with E-state index >= 15 is 0 Å². The van der Waals surface area contributed by atoms with Gasteiger partial charge < -0.3 is 5.32 Å². The summed E-state index contributed by atoms with van der Waals surface area (Å²) in [6, 6.07) is 13.1. The molecule has 0 aromatic heterocycles. The first-order valence-electron chi connectivity index (χ1n) is 11.6. The first-order valence-corrected chi connectivity index (χ1v) is 14.6. The minimum absolute atomic E-state index is 0.00323. The van der Waals surface area contributed by atoms with Crippen LogP contribution in [-0.2, 0) is 31.3 Å². The number of aryl methyl sites for hydroxylation is 2. The summed E-state index contributed by atoms with van der Waals surface area (Å²) in [6.07, 6.45) is 5.68. The number of carbonyl (C=O) groups excluding carboxylic acids is 1. The fraction of sp³-hybridized carbons (Fsp3) is 0.458. The van der Waals surface area contributed by atoms with Gasteiger partial charge in [0.05, 0.1) is 9.79 Å². The van der Waals surface area contributed by atoms with Crippen LogP contribution in [0.25, 0.3) is 0 Å². The minimum Gasteiger partial charge on any atom is -0.355 e. The van der Waals surface area contributed by atoms with Crippen LogP contribution >= 0.6 is 0 Å². The first-order chi connectivity index (χ1) is 16.2. The minimum atomic E-state index is -3.61. The second kappa shape index (κ2) is 11.9. The van der Waals surface area contributed by atoms with Crippen molar-refractivity contribution in [3.05, 3.63) is 59.7 Å². The smallest absolute Gasteiger partial charge is 0.240 e. The van der Waals surface area contributed by atoms with Gasteiger partial charge >= 0.3 is 0 Å². The van der Waals surface area contributed by atoms with E-state index < -0.39 is 20.0 Å². The van der Waals surface area contributed by atoms with Crippen LogP contribution in [0.4, 0.5) is 0 Å². The molecule has 0 radical (unpaired) electrons. The molecule has 1 fully saturated rings. The quantitative estimate of drug-likeness (QED) is 0.404. The number of rotatable bonds is 11. The number of hydrogen-bond donors (Lipinski definition) is 3. The molecule has 1 aliphatic rings. The monoisotopic (exact) mass is 507 g/mol. The van der Waals surface area contributed by atoms with Gasteiger partial charge in [-0.1, -0.05) is 49.1 Å². The molecule has 186 valence electrons. The maximum atomic E-state index is 12.6. The molecule has 0 heterocycles. The van der Waals surface area contributed by atoms with Crippen LogP contribution in [0, 0.1) is 6.92 Å². The average molecular weight is 508 g/mol. The van der Waals surface area contributed by atoms with Crippen LogP contribution in [-0.4, -0.2) is 41.9 Å². The molecule has 10 heteroatoms. The zero-order valence-corrected chi connectivity index (χ0v) is 21.1. The van der Waals surface area contributed by atoms with Crippen molar-refractivity contribution in [3.63, 3.8) is 0 Å². The second-order valence-corrected chi connectivity index (χ2v) is 12.1. The molecular weight excluding hydrogens is 474 g/mol. The third-order valence-electron chi connectivity index (χ3n) is 5.87. The molecule has 3 N–H and O–H groups in total. The van der Waals surface area contributed by atoms with E-state index in [1.165, 1.54) is 0 Å². The molecule has 8 nitrogen and oxygen atoms in total. The van der Waals surface area contributed by atoms with E-state index in [-0.39, 0.29) is 41.3 Å². The van der Waals surface area contributed by atoms with Gasteiger partial charge in [0.15, 0.2) is 0 Å². The van der Waals surface area contributed by atoms with Crippen LogP contribution in [0.1, 0.15) is 49.7 Å². The van der Waals surface area contributed by atoms with Crippen molar-refractivity contribution in [2.24, 2.45) is 0 Å². The molecule has 0 unspecified atom stereocenters. The Hall–Kier alpha value is -2.27. The predicted molar refractivity (Wildman–Crippen MR) is 131 cm³/mol. The Morgan fingerprint density at radius 1 is 0.824 bits per heavy atom. The number of benzene rings is 2. The Morgan fingerprint density at radius 2 is 1.41 bits per heavy atom. The lowest BCUT2D eigenvalue weighted by Gasteiger charge is -2.22. The van der Waals surface area contributed by atoms with Crippen molar-refractivity contribution in [2.75, 3.05) is 13.1 Å². The van der Waals surface area contributed by atoms with Gasteiger partial charge in [-0.2, -0.15) is 0 Å². The average Bonchev–Trinajstić information content (AvgIpc) is 2.81. The zero-order chi connectivity index (χ0) is 24.6. The third-order valence-corrected chi connectivity index (χ3v) is 8.89. The summed E-state index contributed by atoms with van der Waals surface area (Å²) in [5, 5.41) is 2.70. The first kappa shape index (κ1) is 26.3. The van der Waals surface area contributed by atoms with E-state index in [2.05, 4.69) is 14.8 Å². The standard InChI is InChI=1S/C24H33N3O5S2/c1-19-7-12-22(13-8-19)33(29,30)26-18-17-25-24(28)16-11-20-9-14-23(15-10-20)34(31,32)27-21-5-3-2-4-6-21/h7-10,12-15,21,26-27H,2-6,11,16-18H2,1H3,(H,25,28). The van der Waals surface area contributed by atoms with Gasteiger partial charge in [0.25, 0.3) is 0 Å². The topological polar surface area (TPSA) is 121 Å². The summed E-state index contributed by atoms with van der Waals surface area (Å²) < 4.78 is 54.9. The Bertz CT molecular complexity index is 1160. The summed E-state index contributed by atoms with van der Waals surface area (Å²) in [4.78, 5) is 12.5. The third kappa shape index (κ3) is 7.90. The van der Waals surface area contributed by atoms with E-state index in [0.29, 0.717) is 6.42 Å². The van der Waals surface area contributed by atoms with Crippen LogP contribution in [0.5, 0.6) is 0 Å². The predicted octanol–water partition coefficient (Wildman–Crippen LogP) is 2.63. The Morgan fingerprint density at radius 3 is 2.06 bits per heavy atom. The molecule has 1 saturated carbocycles. The molecule has 1 amide bonds. The van der Waals surface area contributed by atoms with E-state index in [4.69, 9.17) is 0 Å². The van der Waals surface area contributed by atoms with Gasteiger partial charge in [0, 0.05) is 25.6 Å². The van der Waals surface area contributed by atoms with Crippen LogP contribution in [0.3, 0.4) is 0 Å². The van der Waals surface area contributed by atoms with E-state index in [9.17, 15) is 21.6 Å². The van der Waals surface area contributed by atoms with E-state index in [1.54, 1.807) is 48.5 Å². The fourth-order valence-electron chi connectivity index (χ4n) is 3.88. The summed E-state index contributed by atoms with van der Waals surface area (Å²) in [5.74, 6) is -0.204. The normalized spacial score (nSPS) is 15.2. The molecule has 1 aliphatic carbocycles. The second-order valence-electron chi connectivity index (χ2n) is 8.66. The number of amides is 1. The summed E-state index contributed by atoms with van der Waals surface area (Å²) in [7, 11) is -7.15. The molecule has 34 heavy (non-hydrogen) atoms. The maximum Gasteiger partial charge on any atom is 0.240 e. The van der Waals surface area contributed by atoms with Crippen molar-refractivity contribution in [1.29, 1.82) is 0 Å². The summed E-state index contributed by atoms with van der Waals surface area (Å²) in [5.41, 5.74) is 1.82. The molecule has 3 rings (SSSR count). The maximum absolute atomic E-state index is 12.6. The van der Waals surface area contributed by atoms with Gasteiger partial charge in [0.2, 0.25) is 26.0 Å². The molecule has 0 saturated heterocycles. The van der Waals surface area contributed by atoms with Crippen molar-refractivity contribution < 1.29 is 21.6 Å². The van der Waals surface area contributed by atoms with E-state index in [1.807, 2.05) is 6.92 Å². The molecular formula is C24H33N3O5S2. The van der Waals surface area contributed by atoms with Gasteiger partial charge in [-0.05, 0) is 56.0 Å². The van der Waals surface area contributed by atoms with Crippen molar-refractivity contribution in [2.45, 2.75) is 67.7 Å². The SMILES string of the molecule is Cc1ccc(S(=O)(=O)NCCNC(=O)CCc2ccc(S(=O)(=O)NC3CCCCC3)cc2)cc1. The lowest BCUT2D eigenvalue weighted by molar-refractivity contribution is -0.121. The number of nitrogens with one attached hydrogen (secondary N) is 3. The summed E-state index contributed by atoms with van der Waals surface area (Å²) in [6.45, 7) is 2.14. The van der Waals surface area contributed by atoms with Crippen molar-refractivity contribution in [1.82, 2.24) is 14.8 Å². The highest BCUT2D eigenvalue weighted by atomic mass is 32.2. The number of sulfonamides is 2. The largest absolute Gasteiger partial charge is 0.355 e. The van der Waals surface area contributed by atoms with Crippen LogP contribution in [0.15, 0.2) is 58.3 Å². The van der Waals surface area contributed by atoms with Gasteiger partial charge in [-0.25, -0.2) is 26.3 Å². The van der Waals surface area contributed by atoms with Gasteiger partial charge in [-0.15, -0.1) is 0 Å². The lowest BCUT2D eigenvalue weighted by Crippen LogP contribution is -2.36. The Labute approximate surface area is 202 Å². The lowest BCUT2D eigenvalue weighted by atomic mass is 9.96. The highest BCUT2D eigenvalue weighted by Gasteiger charge is 2.21. The molecule has 0 atom stereocenters. The number of carbonyl (C=O) groups is 1. The zero-order valence-electron chi connectivity index (χ0n) is 19.4. The highest BCUT2D eigenvalue weighted by Crippen LogP contribution is 2.20. The Kier molecular flexibility index (Phi) is 9.24. The molecule has 0 spiro atoms. The molecule has 2 aromatic carbocycles. The molecule has 0 aliphatic heterocycles. The van der Waals surface area contributed by atoms with Crippen molar-refractivity contribution in [3.8, 4) is 0 Å². The highest BCUT2D eigenvalue weighted by molar-refractivity contribution is 7.89. The van der Waals surface area contributed by atoms with Crippen LogP contribution in [0.2, 0.25) is 0 Å². The number of hydrogen-bond acceptors (Lipinski definition) is 5. The van der Waals surface area contributed by atoms with E-state index in [0.717, 1.165) is 43.2 Å². The molecule has 0 bridgehead atoms. The van der Waals surface area contributed by atoms with Gasteiger partial charge in [0.1, 0.15) is 0 Å². The molecule has 2 aromatic rings. The Balaban J connectivity index is 1.39. The summed E-state index contributed by atoms with van der Waals surface area (Å²) >= 11 is 0. The van der Waals surface area contributed by atoms with Crippen molar-refractivity contribution >= 4 is 26.0 Å².